The Labute approximate surface area is 164 Å². The molecule has 0 aromatic heterocycles. The molecule has 1 aliphatic carbocycles. The van der Waals surface area contributed by atoms with Crippen LogP contribution in [0, 0.1) is 23.4 Å². The molecule has 1 aliphatic heterocycles. The van der Waals surface area contributed by atoms with E-state index in [9.17, 15) is 18.0 Å². The summed E-state index contributed by atoms with van der Waals surface area (Å²) in [5.74, 6) is -2.62. The van der Waals surface area contributed by atoms with E-state index < -0.39 is 17.5 Å². The highest BCUT2D eigenvalue weighted by atomic mass is 19.2. The number of carbonyl (C=O) groups is 1. The second-order valence-corrected chi connectivity index (χ2v) is 8.06. The fraction of sp³-hybridized carbons (Fsp3) is 0.667. The largest absolute Gasteiger partial charge is 0.487 e. The second kappa shape index (κ2) is 9.63. The fourth-order valence-electron chi connectivity index (χ4n) is 4.27. The minimum absolute atomic E-state index is 0.0526. The third-order valence-electron chi connectivity index (χ3n) is 5.91. The maximum Gasteiger partial charge on any atom is 0.217 e. The first-order valence-electron chi connectivity index (χ1n) is 10.2. The molecule has 1 heterocycles. The Morgan fingerprint density at radius 1 is 1.04 bits per heavy atom. The second-order valence-electron chi connectivity index (χ2n) is 8.06. The first kappa shape index (κ1) is 21.0. The topological polar surface area (TPSA) is 41.6 Å². The lowest BCUT2D eigenvalue weighted by Gasteiger charge is -2.34. The maximum absolute atomic E-state index is 13.7. The molecule has 2 aliphatic rings. The number of nitrogens with one attached hydrogen (secondary N) is 1. The van der Waals surface area contributed by atoms with Gasteiger partial charge in [-0.1, -0.05) is 0 Å². The number of benzene rings is 1. The molecule has 4 nitrogen and oxygen atoms in total. The summed E-state index contributed by atoms with van der Waals surface area (Å²) in [7, 11) is 0. The molecule has 1 aromatic carbocycles. The number of amides is 1. The van der Waals surface area contributed by atoms with Crippen LogP contribution < -0.4 is 10.1 Å². The molecule has 3 rings (SSSR count). The van der Waals surface area contributed by atoms with Gasteiger partial charge >= 0.3 is 0 Å². The highest BCUT2D eigenvalue weighted by molar-refractivity contribution is 5.73. The van der Waals surface area contributed by atoms with Gasteiger partial charge in [-0.05, 0) is 57.4 Å². The van der Waals surface area contributed by atoms with Crippen LogP contribution in [0.5, 0.6) is 5.75 Å². The zero-order valence-corrected chi connectivity index (χ0v) is 16.4. The first-order valence-corrected chi connectivity index (χ1v) is 10.2. The fourth-order valence-corrected chi connectivity index (χ4v) is 4.27. The van der Waals surface area contributed by atoms with Crippen molar-refractivity contribution in [2.75, 3.05) is 19.6 Å². The van der Waals surface area contributed by atoms with Gasteiger partial charge in [0.2, 0.25) is 5.91 Å². The molecule has 2 fully saturated rings. The van der Waals surface area contributed by atoms with E-state index in [2.05, 4.69) is 10.2 Å². The zero-order chi connectivity index (χ0) is 20.1. The van der Waals surface area contributed by atoms with Crippen molar-refractivity contribution in [3.8, 4) is 5.75 Å². The van der Waals surface area contributed by atoms with Gasteiger partial charge in [-0.25, -0.2) is 13.2 Å². The minimum atomic E-state index is -1.20. The quantitative estimate of drug-likeness (QED) is 0.736. The predicted octanol–water partition coefficient (Wildman–Crippen LogP) is 4.03. The normalized spacial score (nSPS) is 24.1. The predicted molar refractivity (Wildman–Crippen MR) is 101 cm³/mol. The molecule has 28 heavy (non-hydrogen) atoms. The van der Waals surface area contributed by atoms with Gasteiger partial charge in [-0.2, -0.15) is 0 Å². The number of likely N-dealkylation sites (tertiary alicyclic amines) is 1. The molecule has 0 spiro atoms. The maximum atomic E-state index is 13.7. The number of hydrogen-bond acceptors (Lipinski definition) is 3. The number of hydrogen-bond donors (Lipinski definition) is 1. The molecule has 7 heteroatoms. The van der Waals surface area contributed by atoms with Gasteiger partial charge in [-0.15, -0.1) is 0 Å². The van der Waals surface area contributed by atoms with Gasteiger partial charge in [0.1, 0.15) is 6.10 Å². The minimum Gasteiger partial charge on any atom is -0.487 e. The van der Waals surface area contributed by atoms with Crippen LogP contribution in [-0.2, 0) is 4.79 Å². The lowest BCUT2D eigenvalue weighted by atomic mass is 9.84. The molecule has 0 atom stereocenters. The SMILES string of the molecule is CC(=O)N[C@H]1CC[C@H](CCN2CCC(Oc3cc(F)c(F)cc3F)CC2)CC1. The van der Waals surface area contributed by atoms with Crippen molar-refractivity contribution in [1.82, 2.24) is 10.2 Å². The Bertz CT molecular complexity index is 670. The van der Waals surface area contributed by atoms with Crippen molar-refractivity contribution in [3.63, 3.8) is 0 Å². The zero-order valence-electron chi connectivity index (χ0n) is 16.4. The monoisotopic (exact) mass is 398 g/mol. The van der Waals surface area contributed by atoms with Crippen molar-refractivity contribution in [2.45, 2.75) is 64.0 Å². The molecule has 1 saturated heterocycles. The average molecular weight is 398 g/mol. The Morgan fingerprint density at radius 2 is 1.68 bits per heavy atom. The molecule has 156 valence electrons. The van der Waals surface area contributed by atoms with Crippen LogP contribution in [0.3, 0.4) is 0 Å². The summed E-state index contributed by atoms with van der Waals surface area (Å²) in [5, 5.41) is 3.01. The van der Waals surface area contributed by atoms with Gasteiger partial charge in [-0.3, -0.25) is 4.79 Å². The van der Waals surface area contributed by atoms with Crippen molar-refractivity contribution in [2.24, 2.45) is 5.92 Å². The van der Waals surface area contributed by atoms with Gasteiger partial charge < -0.3 is 15.0 Å². The van der Waals surface area contributed by atoms with Crippen LogP contribution in [0.2, 0.25) is 0 Å². The molecule has 1 saturated carbocycles. The van der Waals surface area contributed by atoms with E-state index in [-0.39, 0.29) is 17.8 Å². The van der Waals surface area contributed by atoms with Crippen molar-refractivity contribution in [1.29, 1.82) is 0 Å². The first-order chi connectivity index (χ1) is 13.4. The third-order valence-corrected chi connectivity index (χ3v) is 5.91. The Morgan fingerprint density at radius 3 is 2.32 bits per heavy atom. The van der Waals surface area contributed by atoms with Gasteiger partial charge in [0, 0.05) is 38.2 Å². The van der Waals surface area contributed by atoms with Crippen molar-refractivity contribution < 1.29 is 22.7 Å². The summed E-state index contributed by atoms with van der Waals surface area (Å²) in [6, 6.07) is 1.65. The smallest absolute Gasteiger partial charge is 0.217 e. The van der Waals surface area contributed by atoms with E-state index in [1.807, 2.05) is 0 Å². The highest BCUT2D eigenvalue weighted by Crippen LogP contribution is 2.28. The van der Waals surface area contributed by atoms with Crippen LogP contribution in [-0.4, -0.2) is 42.6 Å². The highest BCUT2D eigenvalue weighted by Gasteiger charge is 2.25. The number of carbonyl (C=O) groups excluding carboxylic acids is 1. The standard InChI is InChI=1S/C21H29F3N2O2/c1-14(27)25-16-4-2-15(3-5-16)6-9-26-10-7-17(8-11-26)28-21-13-19(23)18(22)12-20(21)24/h12-13,15-17H,2-11H2,1H3,(H,25,27)/t15-,16-. The molecule has 1 N–H and O–H groups in total. The third kappa shape index (κ3) is 5.87. The van der Waals surface area contributed by atoms with E-state index in [0.717, 1.165) is 70.6 Å². The van der Waals surface area contributed by atoms with Gasteiger partial charge in [0.15, 0.2) is 23.2 Å². The van der Waals surface area contributed by atoms with E-state index in [0.29, 0.717) is 18.0 Å². The van der Waals surface area contributed by atoms with Crippen molar-refractivity contribution >= 4 is 5.91 Å². The molecular formula is C21H29F3N2O2. The number of nitrogens with zero attached hydrogens (tertiary/aromatic N) is 1. The average Bonchev–Trinajstić information content (AvgIpc) is 2.66. The number of rotatable bonds is 6. The summed E-state index contributed by atoms with van der Waals surface area (Å²) in [6.45, 7) is 4.32. The molecule has 0 bridgehead atoms. The molecule has 1 amide bonds. The summed E-state index contributed by atoms with van der Waals surface area (Å²) < 4.78 is 45.6. The van der Waals surface area contributed by atoms with Crippen molar-refractivity contribution in [3.05, 3.63) is 29.6 Å². The van der Waals surface area contributed by atoms with E-state index in [1.165, 1.54) is 0 Å². The Hall–Kier alpha value is -1.76. The summed E-state index contributed by atoms with van der Waals surface area (Å²) >= 11 is 0. The van der Waals surface area contributed by atoms with Crippen LogP contribution in [0.1, 0.15) is 51.9 Å². The lowest BCUT2D eigenvalue weighted by Crippen LogP contribution is -2.40. The van der Waals surface area contributed by atoms with Crippen LogP contribution in [0.25, 0.3) is 0 Å². The summed E-state index contributed by atoms with van der Waals surface area (Å²) in [5.41, 5.74) is 0. The Kier molecular flexibility index (Phi) is 7.21. The molecule has 1 aromatic rings. The lowest BCUT2D eigenvalue weighted by molar-refractivity contribution is -0.119. The van der Waals surface area contributed by atoms with Crippen LogP contribution in [0.4, 0.5) is 13.2 Å². The Balaban J connectivity index is 1.36. The molecule has 0 radical (unpaired) electrons. The van der Waals surface area contributed by atoms with E-state index in [1.54, 1.807) is 6.92 Å². The summed E-state index contributed by atoms with van der Waals surface area (Å²) in [6.07, 6.45) is 6.88. The van der Waals surface area contributed by atoms with E-state index in [4.69, 9.17) is 4.74 Å². The number of halogens is 3. The van der Waals surface area contributed by atoms with Crippen LogP contribution >= 0.6 is 0 Å². The van der Waals surface area contributed by atoms with E-state index >= 15 is 0 Å². The number of piperidine rings is 1. The number of ether oxygens (including phenoxy) is 1. The summed E-state index contributed by atoms with van der Waals surface area (Å²) in [4.78, 5) is 13.5. The molecule has 0 unspecified atom stereocenters. The molecular weight excluding hydrogens is 369 g/mol. The van der Waals surface area contributed by atoms with Crippen LogP contribution in [0.15, 0.2) is 12.1 Å². The van der Waals surface area contributed by atoms with Gasteiger partial charge in [0.05, 0.1) is 0 Å². The van der Waals surface area contributed by atoms with Gasteiger partial charge in [0.25, 0.3) is 0 Å².